The van der Waals surface area contributed by atoms with E-state index in [2.05, 4.69) is 40.5 Å². The highest BCUT2D eigenvalue weighted by molar-refractivity contribution is 5.94. The van der Waals surface area contributed by atoms with Gasteiger partial charge in [-0.05, 0) is 50.1 Å². The third-order valence-electron chi connectivity index (χ3n) is 5.72. The van der Waals surface area contributed by atoms with Gasteiger partial charge in [-0.1, -0.05) is 18.2 Å². The number of hydrogen-bond donors (Lipinski definition) is 2. The third kappa shape index (κ3) is 4.89. The molecule has 0 radical (unpaired) electrons. The Labute approximate surface area is 179 Å². The van der Waals surface area contributed by atoms with E-state index >= 15 is 0 Å². The van der Waals surface area contributed by atoms with Gasteiger partial charge >= 0.3 is 0 Å². The first-order chi connectivity index (χ1) is 14.4. The van der Waals surface area contributed by atoms with Crippen molar-refractivity contribution < 1.29 is 9.90 Å². The fraction of sp³-hybridized carbons (Fsp3) is 0.417. The van der Waals surface area contributed by atoms with E-state index in [-0.39, 0.29) is 23.7 Å². The number of piperazine rings is 1. The molecule has 3 rings (SSSR count). The Balaban J connectivity index is 2.01. The maximum atomic E-state index is 12.4. The molecular weight excluding hydrogens is 376 g/mol. The lowest BCUT2D eigenvalue weighted by atomic mass is 9.93. The van der Waals surface area contributed by atoms with Gasteiger partial charge in [0, 0.05) is 50.7 Å². The van der Waals surface area contributed by atoms with Gasteiger partial charge in [0.05, 0.1) is 11.6 Å². The van der Waals surface area contributed by atoms with Gasteiger partial charge in [0.25, 0.3) is 5.91 Å². The number of benzene rings is 1. The molecule has 1 aromatic heterocycles. The summed E-state index contributed by atoms with van der Waals surface area (Å²) in [7, 11) is 0. The molecule has 1 aromatic carbocycles. The van der Waals surface area contributed by atoms with Crippen LogP contribution in [0.3, 0.4) is 0 Å². The van der Waals surface area contributed by atoms with Crippen molar-refractivity contribution in [1.29, 1.82) is 0 Å². The predicted octanol–water partition coefficient (Wildman–Crippen LogP) is 3.21. The van der Waals surface area contributed by atoms with Crippen LogP contribution in [-0.4, -0.2) is 64.1 Å². The van der Waals surface area contributed by atoms with E-state index in [0.717, 1.165) is 30.8 Å². The molecular formula is C24H32N4O2. The number of nitrogens with one attached hydrogen (secondary N) is 1. The number of phenolic OH excluding ortho intramolecular Hbond substituents is 1. The zero-order chi connectivity index (χ0) is 21.7. The normalized spacial score (nSPS) is 21.2. The number of carbonyl (C=O) groups excluding carboxylic acids is 1. The number of carbonyl (C=O) groups is 1. The minimum Gasteiger partial charge on any atom is -0.508 e. The maximum absolute atomic E-state index is 12.4. The second kappa shape index (κ2) is 9.87. The second-order valence-electron chi connectivity index (χ2n) is 8.00. The number of amides is 1. The lowest BCUT2D eigenvalue weighted by Gasteiger charge is -2.47. The molecule has 30 heavy (non-hydrogen) atoms. The summed E-state index contributed by atoms with van der Waals surface area (Å²) in [6, 6.07) is 9.81. The van der Waals surface area contributed by atoms with Crippen molar-refractivity contribution in [2.45, 2.75) is 38.9 Å². The number of aromatic nitrogens is 1. The summed E-state index contributed by atoms with van der Waals surface area (Å²) in [6.07, 6.45) is 5.37. The van der Waals surface area contributed by atoms with Crippen LogP contribution in [0.5, 0.6) is 5.75 Å². The van der Waals surface area contributed by atoms with Crippen molar-refractivity contribution in [2.75, 3.05) is 26.2 Å². The maximum Gasteiger partial charge on any atom is 0.252 e. The highest BCUT2D eigenvalue weighted by Gasteiger charge is 2.34. The van der Waals surface area contributed by atoms with Gasteiger partial charge in [0.1, 0.15) is 5.75 Å². The van der Waals surface area contributed by atoms with Crippen LogP contribution in [-0.2, 0) is 0 Å². The minimum atomic E-state index is -0.126. The number of aromatic hydroxyl groups is 1. The second-order valence-corrected chi connectivity index (χ2v) is 8.00. The number of pyridine rings is 1. The Morgan fingerprint density at radius 2 is 2.07 bits per heavy atom. The number of hydrogen-bond acceptors (Lipinski definition) is 5. The quantitative estimate of drug-likeness (QED) is 0.689. The molecule has 160 valence electrons. The van der Waals surface area contributed by atoms with Crippen LogP contribution < -0.4 is 5.32 Å². The van der Waals surface area contributed by atoms with E-state index in [0.29, 0.717) is 18.2 Å². The minimum absolute atomic E-state index is 0.109. The molecule has 1 saturated heterocycles. The lowest BCUT2D eigenvalue weighted by Crippen LogP contribution is -2.57. The molecule has 0 bridgehead atoms. The first-order valence-electron chi connectivity index (χ1n) is 10.6. The average molecular weight is 409 g/mol. The monoisotopic (exact) mass is 408 g/mol. The standard InChI is InChI=1S/C24H32N4O2/c1-5-10-27-15-18(4)28(16-17(27)3)23(19-8-7-9-22(29)12-19)20-11-21(14-25-13-20)24(30)26-6-2/h5,7-9,11-14,17-18,23,29H,1,6,10,15-16H2,2-4H3,(H,26,30)/t17-,18+,23+/m1/s1. The van der Waals surface area contributed by atoms with Crippen LogP contribution in [0.1, 0.15) is 48.3 Å². The van der Waals surface area contributed by atoms with Gasteiger partial charge in [-0.15, -0.1) is 6.58 Å². The van der Waals surface area contributed by atoms with Gasteiger partial charge in [-0.3, -0.25) is 19.6 Å². The van der Waals surface area contributed by atoms with Gasteiger partial charge in [0.2, 0.25) is 0 Å². The third-order valence-corrected chi connectivity index (χ3v) is 5.72. The number of nitrogens with zero attached hydrogens (tertiary/aromatic N) is 3. The highest BCUT2D eigenvalue weighted by atomic mass is 16.3. The molecule has 0 aliphatic carbocycles. The molecule has 2 N–H and O–H groups in total. The Bertz CT molecular complexity index is 885. The SMILES string of the molecule is C=CCN1C[C@H](C)N([C@@H](c2cccc(O)c2)c2cncc(C(=O)NCC)c2)C[C@H]1C. The van der Waals surface area contributed by atoms with Crippen molar-refractivity contribution in [3.8, 4) is 5.75 Å². The van der Waals surface area contributed by atoms with Crippen molar-refractivity contribution in [3.05, 3.63) is 72.1 Å². The average Bonchev–Trinajstić information content (AvgIpc) is 2.72. The van der Waals surface area contributed by atoms with Crippen molar-refractivity contribution >= 4 is 5.91 Å². The van der Waals surface area contributed by atoms with Gasteiger partial charge in [-0.2, -0.15) is 0 Å². The van der Waals surface area contributed by atoms with E-state index < -0.39 is 0 Å². The van der Waals surface area contributed by atoms with Crippen LogP contribution in [0, 0.1) is 0 Å². The van der Waals surface area contributed by atoms with E-state index in [9.17, 15) is 9.90 Å². The molecule has 3 atom stereocenters. The summed E-state index contributed by atoms with van der Waals surface area (Å²) in [6.45, 7) is 13.5. The van der Waals surface area contributed by atoms with Crippen molar-refractivity contribution in [1.82, 2.24) is 20.1 Å². The fourth-order valence-electron chi connectivity index (χ4n) is 4.27. The molecule has 1 fully saturated rings. The zero-order valence-corrected chi connectivity index (χ0v) is 18.1. The molecule has 6 nitrogen and oxygen atoms in total. The summed E-state index contributed by atoms with van der Waals surface area (Å²) in [5.41, 5.74) is 2.48. The van der Waals surface area contributed by atoms with E-state index in [1.165, 1.54) is 0 Å². The van der Waals surface area contributed by atoms with E-state index in [1.54, 1.807) is 18.3 Å². The van der Waals surface area contributed by atoms with E-state index in [4.69, 9.17) is 0 Å². The van der Waals surface area contributed by atoms with Crippen molar-refractivity contribution in [3.63, 3.8) is 0 Å². The van der Waals surface area contributed by atoms with Crippen LogP contribution in [0.15, 0.2) is 55.4 Å². The summed E-state index contributed by atoms with van der Waals surface area (Å²) < 4.78 is 0. The van der Waals surface area contributed by atoms with Crippen LogP contribution in [0.4, 0.5) is 0 Å². The molecule has 0 spiro atoms. The van der Waals surface area contributed by atoms with Gasteiger partial charge in [0.15, 0.2) is 0 Å². The zero-order valence-electron chi connectivity index (χ0n) is 18.1. The molecule has 1 aliphatic rings. The summed E-state index contributed by atoms with van der Waals surface area (Å²) in [5.74, 6) is 0.107. The largest absolute Gasteiger partial charge is 0.508 e. The fourth-order valence-corrected chi connectivity index (χ4v) is 4.27. The Morgan fingerprint density at radius 1 is 1.27 bits per heavy atom. The summed E-state index contributed by atoms with van der Waals surface area (Å²) in [4.78, 5) is 21.6. The molecule has 2 aromatic rings. The lowest BCUT2D eigenvalue weighted by molar-refractivity contribution is 0.0305. The highest BCUT2D eigenvalue weighted by Crippen LogP contribution is 2.34. The smallest absolute Gasteiger partial charge is 0.252 e. The number of phenols is 1. The van der Waals surface area contributed by atoms with Gasteiger partial charge in [-0.25, -0.2) is 0 Å². The summed E-state index contributed by atoms with van der Waals surface area (Å²) >= 11 is 0. The molecule has 1 aliphatic heterocycles. The first-order valence-corrected chi connectivity index (χ1v) is 10.6. The first kappa shape index (κ1) is 22.0. The molecule has 1 amide bonds. The van der Waals surface area contributed by atoms with Crippen LogP contribution in [0.2, 0.25) is 0 Å². The summed E-state index contributed by atoms with van der Waals surface area (Å²) in [5, 5.41) is 13.0. The Hall–Kier alpha value is -2.70. The predicted molar refractivity (Wildman–Crippen MR) is 120 cm³/mol. The van der Waals surface area contributed by atoms with E-state index in [1.807, 2.05) is 37.4 Å². The Kier molecular flexibility index (Phi) is 7.24. The molecule has 0 saturated carbocycles. The van der Waals surface area contributed by atoms with Crippen LogP contribution in [0.25, 0.3) is 0 Å². The molecule has 6 heteroatoms. The topological polar surface area (TPSA) is 68.7 Å². The molecule has 2 heterocycles. The Morgan fingerprint density at radius 3 is 2.77 bits per heavy atom. The number of rotatable bonds is 7. The van der Waals surface area contributed by atoms with Gasteiger partial charge < -0.3 is 10.4 Å². The van der Waals surface area contributed by atoms with Crippen LogP contribution >= 0.6 is 0 Å². The molecule has 0 unspecified atom stereocenters. The van der Waals surface area contributed by atoms with Crippen molar-refractivity contribution in [2.24, 2.45) is 0 Å².